The number of allylic oxidation sites excluding steroid dienone is 7. The van der Waals surface area contributed by atoms with E-state index in [2.05, 4.69) is 32.6 Å². The molecule has 0 aromatic rings. The maximum Gasteiger partial charge on any atom is 0.432 e. The Morgan fingerprint density at radius 3 is 2.75 bits per heavy atom. The maximum absolute atomic E-state index is 12.5. The molecule has 2 saturated carbocycles. The number of hydrogen-bond acceptors (Lipinski definition) is 3. The zero-order valence-electron chi connectivity index (χ0n) is 18.9. The first kappa shape index (κ1) is 24.7. The molecule has 3 nitrogen and oxygen atoms in total. The van der Waals surface area contributed by atoms with Crippen LogP contribution < -0.4 is 0 Å². The molecule has 176 valence electrons. The smallest absolute Gasteiger partial charge is 0.393 e. The Kier molecular flexibility index (Phi) is 7.35. The summed E-state index contributed by atoms with van der Waals surface area (Å²) in [6.07, 6.45) is 8.20. The minimum absolute atomic E-state index is 0.0179. The minimum Gasteiger partial charge on any atom is -0.393 e. The number of rotatable bonds is 5. The van der Waals surface area contributed by atoms with Crippen molar-refractivity contribution in [1.82, 2.24) is 0 Å². The predicted molar refractivity (Wildman–Crippen MR) is 121 cm³/mol. The largest absolute Gasteiger partial charge is 0.432 e. The standard InChI is InChI=1S/C26H34F3NO2/c1-16(6-4-8-24(30)26(27,28)29)21-11-12-22-18(7-5-13-25(21,22)3)9-10-19-14-20(31)15-23(32)17(19)2/h4,8-11,16,20,22-23,30-32H,2,5-7,12-15H2,1,3H3/b8-4+,18-9+,19-10-,30-24?/t16-,20+,22-,23-,25+/m0/s1. The lowest BCUT2D eigenvalue weighted by Crippen LogP contribution is -2.32. The van der Waals surface area contributed by atoms with Crippen molar-refractivity contribution in [2.24, 2.45) is 17.3 Å². The Labute approximate surface area is 188 Å². The number of aliphatic hydroxyl groups is 2. The van der Waals surface area contributed by atoms with Crippen LogP contribution in [0.1, 0.15) is 58.8 Å². The minimum atomic E-state index is -4.60. The highest BCUT2D eigenvalue weighted by atomic mass is 19.4. The Hall–Kier alpha value is -1.92. The summed E-state index contributed by atoms with van der Waals surface area (Å²) in [7, 11) is 0. The van der Waals surface area contributed by atoms with Crippen molar-refractivity contribution in [2.45, 2.75) is 77.2 Å². The van der Waals surface area contributed by atoms with Crippen LogP contribution in [0.4, 0.5) is 13.2 Å². The number of alkyl halides is 3. The summed E-state index contributed by atoms with van der Waals surface area (Å²) in [4.78, 5) is 0. The van der Waals surface area contributed by atoms with Gasteiger partial charge in [-0.05, 0) is 73.0 Å². The molecule has 0 saturated heterocycles. The maximum atomic E-state index is 12.5. The van der Waals surface area contributed by atoms with E-state index in [0.717, 1.165) is 37.3 Å². The van der Waals surface area contributed by atoms with Gasteiger partial charge in [0, 0.05) is 6.42 Å². The molecule has 0 bridgehead atoms. The Balaban J connectivity index is 1.72. The van der Waals surface area contributed by atoms with Crippen molar-refractivity contribution in [3.63, 3.8) is 0 Å². The summed E-state index contributed by atoms with van der Waals surface area (Å²) < 4.78 is 37.6. The van der Waals surface area contributed by atoms with Crippen LogP contribution in [0.15, 0.2) is 59.3 Å². The molecular formula is C26H34F3NO2. The predicted octanol–water partition coefficient (Wildman–Crippen LogP) is 6.21. The van der Waals surface area contributed by atoms with E-state index in [-0.39, 0.29) is 11.3 Å². The molecule has 0 amide bonds. The molecule has 3 rings (SSSR count). The Morgan fingerprint density at radius 1 is 1.34 bits per heavy atom. The molecule has 0 heterocycles. The molecule has 0 radical (unpaired) electrons. The van der Waals surface area contributed by atoms with Crippen LogP contribution in [0.3, 0.4) is 0 Å². The van der Waals surface area contributed by atoms with Gasteiger partial charge in [0.05, 0.1) is 12.2 Å². The number of hydrogen-bond donors (Lipinski definition) is 3. The monoisotopic (exact) mass is 449 g/mol. The van der Waals surface area contributed by atoms with E-state index in [4.69, 9.17) is 5.41 Å². The van der Waals surface area contributed by atoms with Crippen molar-refractivity contribution >= 4 is 5.71 Å². The first-order valence-electron chi connectivity index (χ1n) is 11.4. The van der Waals surface area contributed by atoms with Gasteiger partial charge in [0.15, 0.2) is 0 Å². The van der Waals surface area contributed by atoms with Crippen LogP contribution in [0.2, 0.25) is 0 Å². The van der Waals surface area contributed by atoms with Gasteiger partial charge < -0.3 is 10.2 Å². The Bertz CT molecular complexity index is 880. The van der Waals surface area contributed by atoms with E-state index >= 15 is 0 Å². The Morgan fingerprint density at radius 2 is 2.06 bits per heavy atom. The summed E-state index contributed by atoms with van der Waals surface area (Å²) in [6, 6.07) is 0. The van der Waals surface area contributed by atoms with Crippen molar-refractivity contribution < 1.29 is 23.4 Å². The molecule has 0 aromatic carbocycles. The van der Waals surface area contributed by atoms with Gasteiger partial charge in [-0.3, -0.25) is 5.41 Å². The zero-order valence-corrected chi connectivity index (χ0v) is 18.9. The first-order valence-corrected chi connectivity index (χ1v) is 11.4. The first-order chi connectivity index (χ1) is 14.9. The van der Waals surface area contributed by atoms with Gasteiger partial charge in [0.25, 0.3) is 0 Å². The number of aliphatic hydroxyl groups excluding tert-OH is 2. The molecule has 0 unspecified atom stereocenters. The second-order valence-electron chi connectivity index (χ2n) is 9.74. The van der Waals surface area contributed by atoms with E-state index in [9.17, 15) is 23.4 Å². The molecule has 0 spiro atoms. The van der Waals surface area contributed by atoms with E-state index in [0.29, 0.717) is 30.8 Å². The van der Waals surface area contributed by atoms with Crippen molar-refractivity contribution in [2.75, 3.05) is 0 Å². The second kappa shape index (κ2) is 9.52. The SMILES string of the molecule is C=C1/C(=C\C=C2/CCC[C@]3(C)C([C@@H](C)C/C=C/C(=N)C(F)(F)F)=CC[C@@H]23)C[C@@H](O)C[C@@H]1O. The van der Waals surface area contributed by atoms with E-state index in [1.807, 2.05) is 6.08 Å². The van der Waals surface area contributed by atoms with Crippen LogP contribution in [-0.4, -0.2) is 34.3 Å². The third kappa shape index (κ3) is 5.18. The van der Waals surface area contributed by atoms with Gasteiger partial charge in [-0.15, -0.1) is 0 Å². The molecule has 6 heteroatoms. The normalized spacial score (nSPS) is 34.8. The molecule has 2 fully saturated rings. The molecule has 3 aliphatic carbocycles. The lowest BCUT2D eigenvalue weighted by Gasteiger charge is -2.42. The highest BCUT2D eigenvalue weighted by molar-refractivity contribution is 5.96. The lowest BCUT2D eigenvalue weighted by molar-refractivity contribution is -0.0584. The number of halogens is 3. The summed E-state index contributed by atoms with van der Waals surface area (Å²) in [5.74, 6) is 0.470. The quantitative estimate of drug-likeness (QED) is 0.345. The third-order valence-corrected chi connectivity index (χ3v) is 7.49. The second-order valence-corrected chi connectivity index (χ2v) is 9.74. The van der Waals surface area contributed by atoms with Crippen LogP contribution in [0.5, 0.6) is 0 Å². The molecule has 0 aromatic heterocycles. The molecule has 32 heavy (non-hydrogen) atoms. The fraction of sp³-hybridized carbons (Fsp3) is 0.577. The summed E-state index contributed by atoms with van der Waals surface area (Å²) in [5.41, 5.74) is 2.90. The van der Waals surface area contributed by atoms with E-state index in [1.165, 1.54) is 17.2 Å². The number of nitrogens with one attached hydrogen (secondary N) is 1. The van der Waals surface area contributed by atoms with Crippen molar-refractivity contribution in [3.8, 4) is 0 Å². The van der Waals surface area contributed by atoms with E-state index < -0.39 is 24.1 Å². The van der Waals surface area contributed by atoms with E-state index in [1.54, 1.807) is 0 Å². The zero-order chi connectivity index (χ0) is 23.7. The lowest BCUT2D eigenvalue weighted by atomic mass is 9.62. The summed E-state index contributed by atoms with van der Waals surface area (Å²) in [5, 5.41) is 27.2. The van der Waals surface area contributed by atoms with Crippen LogP contribution >= 0.6 is 0 Å². The van der Waals surface area contributed by atoms with Gasteiger partial charge in [-0.25, -0.2) is 0 Å². The summed E-state index contributed by atoms with van der Waals surface area (Å²) >= 11 is 0. The van der Waals surface area contributed by atoms with Gasteiger partial charge in [-0.2, -0.15) is 13.2 Å². The fourth-order valence-corrected chi connectivity index (χ4v) is 5.69. The van der Waals surface area contributed by atoms with Gasteiger partial charge in [0.1, 0.15) is 5.71 Å². The van der Waals surface area contributed by atoms with Gasteiger partial charge in [0.2, 0.25) is 0 Å². The summed E-state index contributed by atoms with van der Waals surface area (Å²) in [6.45, 7) is 8.30. The number of fused-ring (bicyclic) bond motifs is 1. The van der Waals surface area contributed by atoms with Crippen molar-refractivity contribution in [1.29, 1.82) is 5.41 Å². The van der Waals surface area contributed by atoms with Gasteiger partial charge >= 0.3 is 6.18 Å². The molecule has 0 aliphatic heterocycles. The highest BCUT2D eigenvalue weighted by Crippen LogP contribution is 2.57. The third-order valence-electron chi connectivity index (χ3n) is 7.49. The van der Waals surface area contributed by atoms with Crippen LogP contribution in [0.25, 0.3) is 0 Å². The molecule has 3 N–H and O–H groups in total. The van der Waals surface area contributed by atoms with Crippen LogP contribution in [-0.2, 0) is 0 Å². The average molecular weight is 450 g/mol. The van der Waals surface area contributed by atoms with Crippen molar-refractivity contribution in [3.05, 3.63) is 59.3 Å². The topological polar surface area (TPSA) is 64.3 Å². The van der Waals surface area contributed by atoms with Gasteiger partial charge in [-0.1, -0.05) is 55.9 Å². The average Bonchev–Trinajstić information content (AvgIpc) is 3.06. The highest BCUT2D eigenvalue weighted by Gasteiger charge is 2.45. The molecule has 3 aliphatic rings. The fourth-order valence-electron chi connectivity index (χ4n) is 5.69. The van der Waals surface area contributed by atoms with Crippen LogP contribution in [0, 0.1) is 22.7 Å². The molecular weight excluding hydrogens is 415 g/mol. The molecule has 5 atom stereocenters.